The Labute approximate surface area is 126 Å². The molecular weight excluding hydrogens is 266 g/mol. The number of amides is 1. The summed E-state index contributed by atoms with van der Waals surface area (Å²) in [5, 5.41) is 0. The van der Waals surface area contributed by atoms with Gasteiger partial charge in [0.1, 0.15) is 5.60 Å². The number of allylic oxidation sites excluding steroid dienone is 1. The van der Waals surface area contributed by atoms with E-state index in [9.17, 15) is 9.59 Å². The van der Waals surface area contributed by atoms with Gasteiger partial charge in [-0.15, -0.1) is 0 Å². The summed E-state index contributed by atoms with van der Waals surface area (Å²) in [4.78, 5) is 26.8. The molecule has 1 saturated heterocycles. The standard InChI is InChI=1S/C17H25NO3/c1-17(2,3)21-16(20)18-12-8-7-11-5-4-6-14(19)15(11)13(18)10-9-12/h12-13H,4-10H2,1-3H3. The van der Waals surface area contributed by atoms with Crippen LogP contribution in [0, 0.1) is 0 Å². The predicted octanol–water partition coefficient (Wildman–Crippen LogP) is 3.60. The molecule has 21 heavy (non-hydrogen) atoms. The first-order valence-corrected chi connectivity index (χ1v) is 8.13. The van der Waals surface area contributed by atoms with Crippen LogP contribution in [0.2, 0.25) is 0 Å². The molecule has 0 spiro atoms. The van der Waals surface area contributed by atoms with Crippen molar-refractivity contribution in [3.8, 4) is 0 Å². The van der Waals surface area contributed by atoms with Gasteiger partial charge in [0.25, 0.3) is 0 Å². The fourth-order valence-electron chi connectivity index (χ4n) is 3.99. The van der Waals surface area contributed by atoms with Crippen LogP contribution < -0.4 is 0 Å². The van der Waals surface area contributed by atoms with Crippen LogP contribution >= 0.6 is 0 Å². The van der Waals surface area contributed by atoms with Crippen LogP contribution in [0.4, 0.5) is 4.79 Å². The summed E-state index contributed by atoms with van der Waals surface area (Å²) < 4.78 is 5.58. The van der Waals surface area contributed by atoms with Gasteiger partial charge in [-0.3, -0.25) is 9.69 Å². The number of rotatable bonds is 0. The molecule has 0 saturated carbocycles. The molecule has 116 valence electrons. The maximum Gasteiger partial charge on any atom is 0.411 e. The van der Waals surface area contributed by atoms with Crippen LogP contribution in [-0.4, -0.2) is 34.5 Å². The average molecular weight is 291 g/mol. The third-order valence-corrected chi connectivity index (χ3v) is 4.78. The Morgan fingerprint density at radius 2 is 1.90 bits per heavy atom. The monoisotopic (exact) mass is 291 g/mol. The molecule has 0 N–H and O–H groups in total. The summed E-state index contributed by atoms with van der Waals surface area (Å²) in [6.07, 6.45) is 6.25. The lowest BCUT2D eigenvalue weighted by molar-refractivity contribution is -0.116. The summed E-state index contributed by atoms with van der Waals surface area (Å²) in [7, 11) is 0. The second-order valence-electron chi connectivity index (χ2n) is 7.47. The number of ether oxygens (including phenoxy) is 1. The molecule has 2 atom stereocenters. The molecule has 4 heteroatoms. The van der Waals surface area contributed by atoms with Gasteiger partial charge in [-0.1, -0.05) is 5.57 Å². The molecule has 0 aromatic carbocycles. The molecule has 1 amide bonds. The van der Waals surface area contributed by atoms with E-state index < -0.39 is 5.60 Å². The number of hydrogen-bond acceptors (Lipinski definition) is 3. The Kier molecular flexibility index (Phi) is 3.58. The van der Waals surface area contributed by atoms with Gasteiger partial charge >= 0.3 is 6.09 Å². The Morgan fingerprint density at radius 1 is 1.14 bits per heavy atom. The number of nitrogens with zero attached hydrogens (tertiary/aromatic N) is 1. The van der Waals surface area contributed by atoms with E-state index in [1.807, 2.05) is 25.7 Å². The lowest BCUT2D eigenvalue weighted by atomic mass is 9.83. The summed E-state index contributed by atoms with van der Waals surface area (Å²) >= 11 is 0. The number of ketones is 1. The first-order valence-electron chi connectivity index (χ1n) is 8.13. The summed E-state index contributed by atoms with van der Waals surface area (Å²) in [6.45, 7) is 5.67. The van der Waals surface area contributed by atoms with Gasteiger partial charge in [-0.2, -0.15) is 0 Å². The van der Waals surface area contributed by atoms with E-state index in [1.165, 1.54) is 5.57 Å². The van der Waals surface area contributed by atoms with Gasteiger partial charge in [0.05, 0.1) is 6.04 Å². The van der Waals surface area contributed by atoms with E-state index in [0.717, 1.165) is 44.1 Å². The number of fused-ring (bicyclic) bond motifs is 3. The van der Waals surface area contributed by atoms with Gasteiger partial charge in [0.15, 0.2) is 5.78 Å². The molecule has 0 aromatic heterocycles. The second-order valence-corrected chi connectivity index (χ2v) is 7.47. The van der Waals surface area contributed by atoms with Crippen molar-refractivity contribution in [3.63, 3.8) is 0 Å². The first-order chi connectivity index (χ1) is 9.87. The summed E-state index contributed by atoms with van der Waals surface area (Å²) in [5.74, 6) is 0.261. The molecule has 0 radical (unpaired) electrons. The van der Waals surface area contributed by atoms with Crippen molar-refractivity contribution in [2.45, 2.75) is 83.4 Å². The maximum absolute atomic E-state index is 12.6. The molecule has 4 nitrogen and oxygen atoms in total. The molecule has 1 fully saturated rings. The van der Waals surface area contributed by atoms with Crippen molar-refractivity contribution in [2.24, 2.45) is 0 Å². The maximum atomic E-state index is 12.6. The third kappa shape index (κ3) is 2.72. The molecule has 0 aromatic rings. The molecule has 1 aliphatic carbocycles. The highest BCUT2D eigenvalue weighted by atomic mass is 16.6. The minimum atomic E-state index is -0.489. The molecule has 2 aliphatic heterocycles. The van der Waals surface area contributed by atoms with E-state index in [1.54, 1.807) is 0 Å². The van der Waals surface area contributed by atoms with Crippen molar-refractivity contribution < 1.29 is 14.3 Å². The molecule has 2 bridgehead atoms. The number of carbonyl (C=O) groups excluding carboxylic acids is 2. The number of hydrogen-bond donors (Lipinski definition) is 0. The van der Waals surface area contributed by atoms with Crippen LogP contribution in [0.15, 0.2) is 11.1 Å². The fraction of sp³-hybridized carbons (Fsp3) is 0.765. The van der Waals surface area contributed by atoms with E-state index in [0.29, 0.717) is 6.42 Å². The highest BCUT2D eigenvalue weighted by molar-refractivity contribution is 5.98. The van der Waals surface area contributed by atoms with Crippen molar-refractivity contribution in [2.75, 3.05) is 0 Å². The molecule has 2 unspecified atom stereocenters. The smallest absolute Gasteiger partial charge is 0.411 e. The van der Waals surface area contributed by atoms with Crippen molar-refractivity contribution in [3.05, 3.63) is 11.1 Å². The third-order valence-electron chi connectivity index (χ3n) is 4.78. The molecule has 3 aliphatic rings. The zero-order valence-corrected chi connectivity index (χ0v) is 13.3. The van der Waals surface area contributed by atoms with E-state index in [4.69, 9.17) is 4.74 Å². The van der Waals surface area contributed by atoms with Gasteiger partial charge in [-0.05, 0) is 59.3 Å². The van der Waals surface area contributed by atoms with E-state index >= 15 is 0 Å². The molecular formula is C17H25NO3. The lowest BCUT2D eigenvalue weighted by Gasteiger charge is -2.32. The van der Waals surface area contributed by atoms with Crippen LogP contribution in [0.25, 0.3) is 0 Å². The Bertz CT molecular complexity index is 501. The van der Waals surface area contributed by atoms with Gasteiger partial charge in [-0.25, -0.2) is 4.79 Å². The summed E-state index contributed by atoms with van der Waals surface area (Å²) in [6, 6.07) is 0.207. The zero-order valence-electron chi connectivity index (χ0n) is 13.3. The minimum absolute atomic E-state index is 0.0323. The lowest BCUT2D eigenvalue weighted by Crippen LogP contribution is -2.45. The SMILES string of the molecule is CC(C)(C)OC(=O)N1C2CCC3=C(C(=O)CCC3)C1CC2. The largest absolute Gasteiger partial charge is 0.444 e. The van der Waals surface area contributed by atoms with E-state index in [-0.39, 0.29) is 24.0 Å². The average Bonchev–Trinajstić information content (AvgIpc) is 2.68. The minimum Gasteiger partial charge on any atom is -0.444 e. The van der Waals surface area contributed by atoms with Gasteiger partial charge < -0.3 is 4.74 Å². The summed E-state index contributed by atoms with van der Waals surface area (Å²) in [5.41, 5.74) is 1.77. The Morgan fingerprint density at radius 3 is 2.62 bits per heavy atom. The van der Waals surface area contributed by atoms with Crippen LogP contribution in [-0.2, 0) is 9.53 Å². The van der Waals surface area contributed by atoms with Gasteiger partial charge in [0.2, 0.25) is 0 Å². The highest BCUT2D eigenvalue weighted by Gasteiger charge is 2.45. The fourth-order valence-corrected chi connectivity index (χ4v) is 3.99. The Hall–Kier alpha value is -1.32. The normalized spacial score (nSPS) is 29.3. The zero-order chi connectivity index (χ0) is 15.2. The van der Waals surface area contributed by atoms with Gasteiger partial charge in [0, 0.05) is 18.0 Å². The molecule has 2 heterocycles. The second kappa shape index (κ2) is 5.15. The topological polar surface area (TPSA) is 46.6 Å². The number of Topliss-reactive ketones (excluding diaryl/α,β-unsaturated/α-hetero) is 1. The van der Waals surface area contributed by atoms with E-state index in [2.05, 4.69) is 0 Å². The van der Waals surface area contributed by atoms with Crippen LogP contribution in [0.1, 0.15) is 65.7 Å². The van der Waals surface area contributed by atoms with Crippen molar-refractivity contribution >= 4 is 11.9 Å². The predicted molar refractivity (Wildman–Crippen MR) is 80.0 cm³/mol. The van der Waals surface area contributed by atoms with Crippen LogP contribution in [0.5, 0.6) is 0 Å². The Balaban J connectivity index is 1.91. The highest BCUT2D eigenvalue weighted by Crippen LogP contribution is 2.42. The van der Waals surface area contributed by atoms with Crippen molar-refractivity contribution in [1.82, 2.24) is 4.90 Å². The quantitative estimate of drug-likeness (QED) is 0.685. The number of carbonyl (C=O) groups is 2. The van der Waals surface area contributed by atoms with Crippen molar-refractivity contribution in [1.29, 1.82) is 0 Å². The first kappa shape index (κ1) is 14.6. The van der Waals surface area contributed by atoms with Crippen LogP contribution in [0.3, 0.4) is 0 Å². The molecule has 3 rings (SSSR count).